The second-order valence-corrected chi connectivity index (χ2v) is 7.80. The van der Waals surface area contributed by atoms with Crippen LogP contribution in [0.15, 0.2) is 0 Å². The van der Waals surface area contributed by atoms with Crippen molar-refractivity contribution in [3.63, 3.8) is 0 Å². The molecule has 12 heavy (non-hydrogen) atoms. The third kappa shape index (κ3) is 8.89. The molecule has 0 aromatic rings. The Balaban J connectivity index is 3.53. The molecule has 0 aromatic heterocycles. The summed E-state index contributed by atoms with van der Waals surface area (Å²) in [6, 6.07) is 1.16. The van der Waals surface area contributed by atoms with E-state index >= 15 is 0 Å². The van der Waals surface area contributed by atoms with E-state index in [1.165, 1.54) is 6.42 Å². The van der Waals surface area contributed by atoms with Crippen molar-refractivity contribution in [3.8, 4) is 0 Å². The summed E-state index contributed by atoms with van der Waals surface area (Å²) in [6.45, 7) is 9.08. The van der Waals surface area contributed by atoms with Crippen LogP contribution in [0.2, 0.25) is 6.04 Å². The molecule has 0 nitrogen and oxygen atoms in total. The molecule has 1 atom stereocenters. The lowest BCUT2D eigenvalue weighted by atomic mass is 9.86. The van der Waals surface area contributed by atoms with Gasteiger partial charge in [0.05, 0.1) is 14.0 Å². The zero-order valence-corrected chi connectivity index (χ0v) is 10.8. The molecule has 0 N–H and O–H groups in total. The number of hydrogen-bond donors (Lipinski definition) is 0. The molecule has 0 spiro atoms. The number of halogens is 2. The average Bonchev–Trinajstić information content (AvgIpc) is 1.79. The van der Waals surface area contributed by atoms with Crippen molar-refractivity contribution in [2.45, 2.75) is 44.6 Å². The van der Waals surface area contributed by atoms with Gasteiger partial charge in [-0.2, -0.15) is 0 Å². The van der Waals surface area contributed by atoms with Crippen LogP contribution in [0.25, 0.3) is 0 Å². The summed E-state index contributed by atoms with van der Waals surface area (Å²) in [4.78, 5) is 0. The molecular formula is C9H18Cl2Si. The molecule has 2 radical (unpaired) electrons. The van der Waals surface area contributed by atoms with Gasteiger partial charge in [0.15, 0.2) is 0 Å². The van der Waals surface area contributed by atoms with E-state index < -0.39 is 0 Å². The molecule has 72 valence electrons. The van der Waals surface area contributed by atoms with E-state index in [1.54, 1.807) is 0 Å². The highest BCUT2D eigenvalue weighted by molar-refractivity contribution is 6.68. The van der Waals surface area contributed by atoms with Crippen LogP contribution in [0.5, 0.6) is 0 Å². The van der Waals surface area contributed by atoms with Gasteiger partial charge in [0.1, 0.15) is 0 Å². The minimum absolute atomic E-state index is 0.160. The first-order valence-corrected chi connectivity index (χ1v) is 6.48. The molecule has 0 aliphatic rings. The van der Waals surface area contributed by atoms with E-state index in [0.717, 1.165) is 12.0 Å². The van der Waals surface area contributed by atoms with Gasteiger partial charge < -0.3 is 0 Å². The lowest BCUT2D eigenvalue weighted by molar-refractivity contribution is 0.320. The van der Waals surface area contributed by atoms with E-state index in [0.29, 0.717) is 14.9 Å². The van der Waals surface area contributed by atoms with Crippen LogP contribution in [0, 0.1) is 11.3 Å². The third-order valence-corrected chi connectivity index (χ3v) is 3.75. The van der Waals surface area contributed by atoms with Crippen molar-refractivity contribution in [2.24, 2.45) is 11.3 Å². The van der Waals surface area contributed by atoms with Crippen molar-refractivity contribution in [1.82, 2.24) is 0 Å². The first kappa shape index (κ1) is 12.8. The van der Waals surface area contributed by atoms with Gasteiger partial charge in [-0.05, 0) is 17.8 Å². The van der Waals surface area contributed by atoms with Gasteiger partial charge in [0.25, 0.3) is 0 Å². The summed E-state index contributed by atoms with van der Waals surface area (Å²) in [7, 11) is 0.686. The van der Waals surface area contributed by atoms with Crippen molar-refractivity contribution in [1.29, 1.82) is 0 Å². The predicted molar refractivity (Wildman–Crippen MR) is 59.3 cm³/mol. The summed E-state index contributed by atoms with van der Waals surface area (Å²) in [5.41, 5.74) is 0.429. The largest absolute Gasteiger partial charge is 0.110 e. The highest BCUT2D eigenvalue weighted by Crippen LogP contribution is 2.26. The van der Waals surface area contributed by atoms with Gasteiger partial charge in [0, 0.05) is 0 Å². The first-order valence-electron chi connectivity index (χ1n) is 4.33. The summed E-state index contributed by atoms with van der Waals surface area (Å²) < 4.78 is -0.160. The molecule has 1 unspecified atom stereocenters. The maximum Gasteiger partial charge on any atom is 0.0929 e. The standard InChI is InChI=1S/C9H18Cl2Si/c1-7(5-9(2,3)4)6-12-8(10)11/h7-8H,5-6H2,1-4H3. The van der Waals surface area contributed by atoms with Gasteiger partial charge in [0.2, 0.25) is 0 Å². The Bertz CT molecular complexity index is 118. The van der Waals surface area contributed by atoms with Crippen molar-refractivity contribution in [3.05, 3.63) is 0 Å². The summed E-state index contributed by atoms with van der Waals surface area (Å²) >= 11 is 11.3. The van der Waals surface area contributed by atoms with Crippen LogP contribution < -0.4 is 0 Å². The Morgan fingerprint density at radius 3 is 2.08 bits per heavy atom. The fourth-order valence-corrected chi connectivity index (χ4v) is 2.67. The topological polar surface area (TPSA) is 0 Å². The van der Waals surface area contributed by atoms with Gasteiger partial charge >= 0.3 is 0 Å². The van der Waals surface area contributed by atoms with Gasteiger partial charge in [-0.1, -0.05) is 33.7 Å². The van der Waals surface area contributed by atoms with E-state index in [2.05, 4.69) is 27.7 Å². The minimum Gasteiger partial charge on any atom is -0.110 e. The monoisotopic (exact) mass is 224 g/mol. The quantitative estimate of drug-likeness (QED) is 0.502. The molecule has 0 aromatic carbocycles. The Morgan fingerprint density at radius 2 is 1.75 bits per heavy atom. The van der Waals surface area contributed by atoms with E-state index in [1.807, 2.05) is 0 Å². The Hall–Kier alpha value is 0.797. The molecule has 0 fully saturated rings. The molecule has 0 saturated heterocycles. The number of hydrogen-bond acceptors (Lipinski definition) is 0. The second kappa shape index (κ2) is 5.51. The van der Waals surface area contributed by atoms with Gasteiger partial charge in [-0.25, -0.2) is 0 Å². The second-order valence-electron chi connectivity index (χ2n) is 4.58. The molecule has 0 aliphatic heterocycles. The Kier molecular flexibility index (Phi) is 5.88. The van der Waals surface area contributed by atoms with Crippen molar-refractivity contribution in [2.75, 3.05) is 0 Å². The third-order valence-electron chi connectivity index (χ3n) is 1.58. The van der Waals surface area contributed by atoms with E-state index in [4.69, 9.17) is 23.2 Å². The van der Waals surface area contributed by atoms with Crippen molar-refractivity contribution < 1.29 is 0 Å². The molecule has 0 bridgehead atoms. The molecule has 0 amide bonds. The maximum atomic E-state index is 5.67. The van der Waals surface area contributed by atoms with Crippen molar-refractivity contribution >= 4 is 32.7 Å². The lowest BCUT2D eigenvalue weighted by Gasteiger charge is -2.23. The molecule has 3 heteroatoms. The lowest BCUT2D eigenvalue weighted by Crippen LogP contribution is -2.14. The van der Waals surface area contributed by atoms with E-state index in [-0.39, 0.29) is 4.46 Å². The summed E-state index contributed by atoms with van der Waals surface area (Å²) in [6.07, 6.45) is 1.25. The van der Waals surface area contributed by atoms with Crippen LogP contribution in [0.1, 0.15) is 34.1 Å². The highest BCUT2D eigenvalue weighted by Gasteiger charge is 2.15. The van der Waals surface area contributed by atoms with E-state index in [9.17, 15) is 0 Å². The molecule has 0 saturated carbocycles. The minimum atomic E-state index is -0.160. The zero-order valence-electron chi connectivity index (χ0n) is 8.32. The summed E-state index contributed by atoms with van der Waals surface area (Å²) in [5.74, 6) is 0.739. The predicted octanol–water partition coefficient (Wildman–Crippen LogP) is 3.94. The maximum absolute atomic E-state index is 5.67. The van der Waals surface area contributed by atoms with Crippen LogP contribution in [0.3, 0.4) is 0 Å². The summed E-state index contributed by atoms with van der Waals surface area (Å²) in [5, 5.41) is 0. The van der Waals surface area contributed by atoms with Crippen LogP contribution in [-0.2, 0) is 0 Å². The van der Waals surface area contributed by atoms with Crippen LogP contribution >= 0.6 is 23.2 Å². The fraction of sp³-hybridized carbons (Fsp3) is 1.00. The number of rotatable bonds is 4. The smallest absolute Gasteiger partial charge is 0.0929 e. The Morgan fingerprint density at radius 1 is 1.25 bits per heavy atom. The van der Waals surface area contributed by atoms with Crippen LogP contribution in [-0.4, -0.2) is 14.0 Å². The normalized spacial score (nSPS) is 15.2. The number of alkyl halides is 2. The van der Waals surface area contributed by atoms with Crippen LogP contribution in [0.4, 0.5) is 0 Å². The fourth-order valence-electron chi connectivity index (χ4n) is 1.41. The van der Waals surface area contributed by atoms with Gasteiger partial charge in [-0.3, -0.25) is 0 Å². The Labute approximate surface area is 88.8 Å². The highest BCUT2D eigenvalue weighted by atomic mass is 35.5. The SMILES string of the molecule is CC(C[Si]C(Cl)Cl)CC(C)(C)C. The zero-order chi connectivity index (χ0) is 9.78. The van der Waals surface area contributed by atoms with Gasteiger partial charge in [-0.15, -0.1) is 23.2 Å². The molecule has 0 rings (SSSR count). The average molecular weight is 225 g/mol. The first-order chi connectivity index (χ1) is 5.31. The molecule has 0 heterocycles. The molecule has 0 aliphatic carbocycles. The molecular weight excluding hydrogens is 207 g/mol.